The van der Waals surface area contributed by atoms with Crippen LogP contribution in [0.15, 0.2) is 77.7 Å². The molecule has 0 aromatic heterocycles. The molecule has 3 aromatic carbocycles. The summed E-state index contributed by atoms with van der Waals surface area (Å²) in [5.41, 5.74) is 6.07. The van der Waals surface area contributed by atoms with Crippen LogP contribution in [0.5, 0.6) is 0 Å². The third-order valence-electron chi connectivity index (χ3n) is 4.96. The zero-order chi connectivity index (χ0) is 18.3. The summed E-state index contributed by atoms with van der Waals surface area (Å²) in [5, 5.41) is 8.86. The third kappa shape index (κ3) is 2.94. The Hall–Kier alpha value is -2.47. The van der Waals surface area contributed by atoms with Crippen LogP contribution in [0.25, 0.3) is 11.1 Å². The van der Waals surface area contributed by atoms with E-state index < -0.39 is 10.0 Å². The predicted molar refractivity (Wildman–Crippen MR) is 103 cm³/mol. The molecule has 1 aliphatic rings. The molecule has 0 heterocycles. The van der Waals surface area contributed by atoms with E-state index >= 15 is 0 Å². The summed E-state index contributed by atoms with van der Waals surface area (Å²) in [7, 11) is -3.67. The van der Waals surface area contributed by atoms with Gasteiger partial charge in [0.05, 0.1) is 10.9 Å². The van der Waals surface area contributed by atoms with Gasteiger partial charge in [-0.15, -0.1) is 0 Å². The lowest BCUT2D eigenvalue weighted by Gasteiger charge is -2.22. The van der Waals surface area contributed by atoms with E-state index in [-0.39, 0.29) is 17.0 Å². The predicted octanol–water partition coefficient (Wildman–Crippen LogP) is 3.75. The van der Waals surface area contributed by atoms with Crippen LogP contribution in [0.2, 0.25) is 0 Å². The maximum Gasteiger partial charge on any atom is 0.238 e. The van der Waals surface area contributed by atoms with Crippen LogP contribution in [0.1, 0.15) is 35.7 Å². The number of rotatable bonds is 4. The number of nitrogens with two attached hydrogens (primary N) is 1. The largest absolute Gasteiger partial charge is 0.300 e. The Morgan fingerprint density at radius 3 is 1.85 bits per heavy atom. The molecule has 0 radical (unpaired) electrons. The lowest BCUT2D eigenvalue weighted by atomic mass is 10.0. The van der Waals surface area contributed by atoms with Crippen molar-refractivity contribution in [2.75, 3.05) is 0 Å². The van der Waals surface area contributed by atoms with Gasteiger partial charge >= 0.3 is 0 Å². The summed E-state index contributed by atoms with van der Waals surface area (Å²) in [6.45, 7) is 2.08. The minimum atomic E-state index is -3.67. The first-order valence-corrected chi connectivity index (χ1v) is 10.1. The Morgan fingerprint density at radius 2 is 1.35 bits per heavy atom. The molecule has 1 atom stereocenters. The summed E-state index contributed by atoms with van der Waals surface area (Å²) in [6, 6.07) is 23.8. The highest BCUT2D eigenvalue weighted by molar-refractivity contribution is 7.89. The second kappa shape index (κ2) is 6.36. The first-order valence-electron chi connectivity index (χ1n) is 8.52. The number of hydrogen-bond donors (Lipinski definition) is 2. The van der Waals surface area contributed by atoms with Crippen molar-refractivity contribution in [2.45, 2.75) is 23.9 Å². The molecule has 4 rings (SSSR count). The number of sulfonamides is 1. The van der Waals surface area contributed by atoms with Gasteiger partial charge in [-0.3, -0.25) is 5.32 Å². The van der Waals surface area contributed by atoms with Crippen molar-refractivity contribution in [1.29, 1.82) is 0 Å². The number of primary sulfonamides is 1. The van der Waals surface area contributed by atoms with Gasteiger partial charge < -0.3 is 0 Å². The molecule has 0 bridgehead atoms. The van der Waals surface area contributed by atoms with Gasteiger partial charge in [0, 0.05) is 6.04 Å². The third-order valence-corrected chi connectivity index (χ3v) is 5.89. The molecule has 4 nitrogen and oxygen atoms in total. The molecule has 0 saturated carbocycles. The first kappa shape index (κ1) is 17.0. The second-order valence-corrected chi connectivity index (χ2v) is 8.17. The quantitative estimate of drug-likeness (QED) is 0.740. The molecule has 0 spiro atoms. The van der Waals surface area contributed by atoms with E-state index in [1.54, 1.807) is 12.1 Å². The maximum atomic E-state index is 11.4. The molecule has 26 heavy (non-hydrogen) atoms. The summed E-state index contributed by atoms with van der Waals surface area (Å²) in [5.74, 6) is 0. The second-order valence-electron chi connectivity index (χ2n) is 6.61. The molecular formula is C21H20N2O2S. The van der Waals surface area contributed by atoms with Gasteiger partial charge in [-0.2, -0.15) is 0 Å². The molecule has 3 aromatic rings. The van der Waals surface area contributed by atoms with Gasteiger partial charge in [0.25, 0.3) is 0 Å². The number of benzene rings is 3. The minimum absolute atomic E-state index is 0.0498. The van der Waals surface area contributed by atoms with Gasteiger partial charge in [-0.25, -0.2) is 13.6 Å². The SMILES string of the molecule is C[C@@H](NC1c2ccccc2-c2ccccc21)c1ccc(S(N)(=O)=O)cc1. The van der Waals surface area contributed by atoms with E-state index in [1.807, 2.05) is 12.1 Å². The number of nitrogens with one attached hydrogen (secondary N) is 1. The Balaban J connectivity index is 1.65. The molecule has 0 aliphatic heterocycles. The van der Waals surface area contributed by atoms with Crippen molar-refractivity contribution < 1.29 is 8.42 Å². The van der Waals surface area contributed by atoms with Gasteiger partial charge in [0.2, 0.25) is 10.0 Å². The van der Waals surface area contributed by atoms with Crippen molar-refractivity contribution in [1.82, 2.24) is 5.32 Å². The van der Waals surface area contributed by atoms with E-state index in [4.69, 9.17) is 5.14 Å². The van der Waals surface area contributed by atoms with Crippen molar-refractivity contribution in [3.63, 3.8) is 0 Å². The lowest BCUT2D eigenvalue weighted by Crippen LogP contribution is -2.24. The van der Waals surface area contributed by atoms with Gasteiger partial charge in [0.1, 0.15) is 0 Å². The summed E-state index contributed by atoms with van der Waals surface area (Å²) in [4.78, 5) is 0.130. The van der Waals surface area contributed by atoms with E-state index in [1.165, 1.54) is 22.3 Å². The number of hydrogen-bond acceptors (Lipinski definition) is 3. The fourth-order valence-corrected chi connectivity index (χ4v) is 4.14. The van der Waals surface area contributed by atoms with Crippen LogP contribution in [0, 0.1) is 0 Å². The van der Waals surface area contributed by atoms with Gasteiger partial charge in [-0.05, 0) is 46.9 Å². The highest BCUT2D eigenvalue weighted by Gasteiger charge is 2.28. The van der Waals surface area contributed by atoms with Crippen LogP contribution in [0.4, 0.5) is 0 Å². The van der Waals surface area contributed by atoms with Crippen molar-refractivity contribution in [2.24, 2.45) is 5.14 Å². The fourth-order valence-electron chi connectivity index (χ4n) is 3.63. The van der Waals surface area contributed by atoms with Crippen LogP contribution >= 0.6 is 0 Å². The normalized spacial score (nSPS) is 14.7. The molecule has 5 heteroatoms. The van der Waals surface area contributed by atoms with Crippen molar-refractivity contribution in [3.05, 3.63) is 89.5 Å². The van der Waals surface area contributed by atoms with E-state index in [0.717, 1.165) is 5.56 Å². The highest BCUT2D eigenvalue weighted by atomic mass is 32.2. The van der Waals surface area contributed by atoms with Crippen LogP contribution < -0.4 is 10.5 Å². The summed E-state index contributed by atoms with van der Waals surface area (Å²) < 4.78 is 22.9. The zero-order valence-electron chi connectivity index (χ0n) is 14.4. The molecule has 132 valence electrons. The van der Waals surface area contributed by atoms with Crippen molar-refractivity contribution in [3.8, 4) is 11.1 Å². The van der Waals surface area contributed by atoms with Crippen LogP contribution in [0.3, 0.4) is 0 Å². The van der Waals surface area contributed by atoms with Crippen LogP contribution in [-0.2, 0) is 10.0 Å². The number of fused-ring (bicyclic) bond motifs is 3. The maximum absolute atomic E-state index is 11.4. The zero-order valence-corrected chi connectivity index (χ0v) is 15.2. The van der Waals surface area contributed by atoms with Gasteiger partial charge in [0.15, 0.2) is 0 Å². The van der Waals surface area contributed by atoms with Gasteiger partial charge in [-0.1, -0.05) is 60.7 Å². The Labute approximate surface area is 153 Å². The molecule has 1 aliphatic carbocycles. The first-order chi connectivity index (χ1) is 12.4. The highest BCUT2D eigenvalue weighted by Crippen LogP contribution is 2.43. The van der Waals surface area contributed by atoms with Crippen LogP contribution in [-0.4, -0.2) is 8.42 Å². The molecule has 0 unspecified atom stereocenters. The molecule has 0 amide bonds. The molecular weight excluding hydrogens is 344 g/mol. The van der Waals surface area contributed by atoms with E-state index in [0.29, 0.717) is 0 Å². The fraction of sp³-hybridized carbons (Fsp3) is 0.143. The summed E-state index contributed by atoms with van der Waals surface area (Å²) in [6.07, 6.45) is 0. The molecule has 0 fully saturated rings. The molecule has 3 N–H and O–H groups in total. The minimum Gasteiger partial charge on any atom is -0.300 e. The van der Waals surface area contributed by atoms with Crippen molar-refractivity contribution >= 4 is 10.0 Å². The summed E-state index contributed by atoms with van der Waals surface area (Å²) >= 11 is 0. The average Bonchev–Trinajstić information content (AvgIpc) is 2.95. The Kier molecular flexibility index (Phi) is 4.15. The Morgan fingerprint density at radius 1 is 0.846 bits per heavy atom. The topological polar surface area (TPSA) is 72.2 Å². The monoisotopic (exact) mass is 364 g/mol. The van der Waals surface area contributed by atoms with E-state index in [9.17, 15) is 8.42 Å². The smallest absolute Gasteiger partial charge is 0.238 e. The van der Waals surface area contributed by atoms with E-state index in [2.05, 4.69) is 60.8 Å². The standard InChI is InChI=1S/C21H20N2O2S/c1-14(15-10-12-16(13-11-15)26(22,24)25)23-21-19-8-4-2-6-17(19)18-7-3-5-9-20(18)21/h2-14,21,23H,1H3,(H2,22,24,25)/t14-/m1/s1. The molecule has 0 saturated heterocycles. The lowest BCUT2D eigenvalue weighted by molar-refractivity contribution is 0.522. The Bertz CT molecular complexity index is 1010. The average molecular weight is 364 g/mol.